The molecule has 0 saturated carbocycles. The van der Waals surface area contributed by atoms with E-state index in [0.717, 1.165) is 0 Å². The van der Waals surface area contributed by atoms with Crippen molar-refractivity contribution in [3.05, 3.63) is 28.8 Å². The van der Waals surface area contributed by atoms with Crippen molar-refractivity contribution in [1.82, 2.24) is 4.98 Å². The van der Waals surface area contributed by atoms with Crippen LogP contribution in [0.15, 0.2) is 12.3 Å². The van der Waals surface area contributed by atoms with Crippen molar-refractivity contribution in [3.8, 4) is 0 Å². The summed E-state index contributed by atoms with van der Waals surface area (Å²) in [5.41, 5.74) is 5.40. The molecule has 1 aromatic heterocycles. The number of nitrogens with two attached hydrogens (primary N) is 1. The van der Waals surface area contributed by atoms with Gasteiger partial charge in [0.25, 0.3) is 0 Å². The Morgan fingerprint density at radius 1 is 1.64 bits per heavy atom. The average molecular weight is 197 g/mol. The third kappa shape index (κ3) is 2.61. The van der Waals surface area contributed by atoms with E-state index in [2.05, 4.69) is 4.98 Å². The number of nitrogens with zero attached hydrogens (tertiary/aromatic N) is 1. The van der Waals surface area contributed by atoms with Crippen molar-refractivity contribution in [2.75, 3.05) is 0 Å². The lowest BCUT2D eigenvalue weighted by Gasteiger charge is -1.96. The molecule has 62 valence electrons. The molecule has 0 amide bonds. The Balaban J connectivity index is 0.000001000. The van der Waals surface area contributed by atoms with Crippen molar-refractivity contribution in [1.29, 1.82) is 0 Å². The molecule has 0 bridgehead atoms. The van der Waals surface area contributed by atoms with Crippen LogP contribution in [0.3, 0.4) is 0 Å². The predicted molar refractivity (Wildman–Crippen MR) is 44.3 cm³/mol. The van der Waals surface area contributed by atoms with Gasteiger partial charge >= 0.3 is 0 Å². The highest BCUT2D eigenvalue weighted by Crippen LogP contribution is 2.10. The first-order chi connectivity index (χ1) is 4.74. The fourth-order valence-corrected chi connectivity index (χ4v) is 0.738. The third-order valence-electron chi connectivity index (χ3n) is 1.08. The standard InChI is InChI=1S/C6H6ClFN2.ClH/c7-4-1-5(8)6(2-9)10-3-4;/h1,3H,2,9H2;1H. The summed E-state index contributed by atoms with van der Waals surface area (Å²) in [5.74, 6) is -0.449. The molecule has 0 spiro atoms. The highest BCUT2D eigenvalue weighted by Gasteiger charge is 2.00. The van der Waals surface area contributed by atoms with Gasteiger partial charge in [-0.1, -0.05) is 11.6 Å². The first-order valence-electron chi connectivity index (χ1n) is 2.74. The van der Waals surface area contributed by atoms with Crippen LogP contribution in [0.2, 0.25) is 5.02 Å². The SMILES string of the molecule is Cl.NCc1ncc(Cl)cc1F. The van der Waals surface area contributed by atoms with Crippen LogP contribution in [0.5, 0.6) is 0 Å². The fraction of sp³-hybridized carbons (Fsp3) is 0.167. The summed E-state index contributed by atoms with van der Waals surface area (Å²) in [6, 6.07) is 1.19. The van der Waals surface area contributed by atoms with Crippen molar-refractivity contribution in [2.24, 2.45) is 5.73 Å². The van der Waals surface area contributed by atoms with E-state index in [1.54, 1.807) is 0 Å². The van der Waals surface area contributed by atoms with E-state index in [-0.39, 0.29) is 29.7 Å². The molecular formula is C6H7Cl2FN2. The Morgan fingerprint density at radius 2 is 2.27 bits per heavy atom. The Morgan fingerprint density at radius 3 is 2.73 bits per heavy atom. The van der Waals surface area contributed by atoms with Gasteiger partial charge in [0, 0.05) is 12.7 Å². The van der Waals surface area contributed by atoms with Crippen LogP contribution < -0.4 is 5.73 Å². The maximum absolute atomic E-state index is 12.6. The maximum atomic E-state index is 12.6. The lowest BCUT2D eigenvalue weighted by molar-refractivity contribution is 0.600. The summed E-state index contributed by atoms with van der Waals surface area (Å²) < 4.78 is 12.6. The van der Waals surface area contributed by atoms with Gasteiger partial charge in [-0.3, -0.25) is 4.98 Å². The van der Waals surface area contributed by atoms with Gasteiger partial charge in [-0.2, -0.15) is 0 Å². The second-order valence-electron chi connectivity index (χ2n) is 1.79. The van der Waals surface area contributed by atoms with E-state index in [4.69, 9.17) is 17.3 Å². The molecule has 1 heterocycles. The van der Waals surface area contributed by atoms with E-state index >= 15 is 0 Å². The second-order valence-corrected chi connectivity index (χ2v) is 2.22. The van der Waals surface area contributed by atoms with Crippen LogP contribution in [-0.4, -0.2) is 4.98 Å². The number of rotatable bonds is 1. The Kier molecular flexibility index (Phi) is 4.33. The molecule has 0 fully saturated rings. The molecule has 11 heavy (non-hydrogen) atoms. The summed E-state index contributed by atoms with van der Waals surface area (Å²) in [5, 5.41) is 0.287. The summed E-state index contributed by atoms with van der Waals surface area (Å²) in [6.07, 6.45) is 1.37. The zero-order valence-corrected chi connectivity index (χ0v) is 7.12. The Hall–Kier alpha value is -0.380. The summed E-state index contributed by atoms with van der Waals surface area (Å²) in [6.45, 7) is 0.100. The number of hydrogen-bond acceptors (Lipinski definition) is 2. The quantitative estimate of drug-likeness (QED) is 0.744. The van der Waals surface area contributed by atoms with Gasteiger partial charge < -0.3 is 5.73 Å². The molecule has 0 saturated heterocycles. The minimum absolute atomic E-state index is 0. The topological polar surface area (TPSA) is 38.9 Å². The molecule has 1 rings (SSSR count). The molecule has 1 aromatic rings. The minimum atomic E-state index is -0.449. The lowest BCUT2D eigenvalue weighted by Crippen LogP contribution is -2.02. The van der Waals surface area contributed by atoms with Crippen LogP contribution in [0.4, 0.5) is 4.39 Å². The number of hydrogen-bond donors (Lipinski definition) is 1. The first kappa shape index (κ1) is 10.6. The highest BCUT2D eigenvalue weighted by molar-refractivity contribution is 6.30. The number of pyridine rings is 1. The van der Waals surface area contributed by atoms with Crippen molar-refractivity contribution in [2.45, 2.75) is 6.54 Å². The Bertz CT molecular complexity index is 242. The summed E-state index contributed by atoms with van der Waals surface area (Å²) in [7, 11) is 0. The van der Waals surface area contributed by atoms with Crippen LogP contribution in [0, 0.1) is 5.82 Å². The molecule has 0 atom stereocenters. The van der Waals surface area contributed by atoms with Crippen molar-refractivity contribution >= 4 is 24.0 Å². The lowest BCUT2D eigenvalue weighted by atomic mass is 10.3. The van der Waals surface area contributed by atoms with E-state index in [1.807, 2.05) is 0 Å². The zero-order valence-electron chi connectivity index (χ0n) is 5.55. The smallest absolute Gasteiger partial charge is 0.147 e. The van der Waals surface area contributed by atoms with Crippen LogP contribution in [0.1, 0.15) is 5.69 Å². The molecule has 0 aliphatic rings. The first-order valence-corrected chi connectivity index (χ1v) is 3.12. The Labute approximate surface area is 75.0 Å². The monoisotopic (exact) mass is 196 g/mol. The van der Waals surface area contributed by atoms with Gasteiger partial charge in [0.05, 0.1) is 10.7 Å². The molecular weight excluding hydrogens is 190 g/mol. The molecule has 0 aliphatic carbocycles. The van der Waals surface area contributed by atoms with Gasteiger partial charge in [0.2, 0.25) is 0 Å². The summed E-state index contributed by atoms with van der Waals surface area (Å²) >= 11 is 5.43. The minimum Gasteiger partial charge on any atom is -0.325 e. The van der Waals surface area contributed by atoms with Gasteiger partial charge in [0.15, 0.2) is 0 Å². The van der Waals surface area contributed by atoms with Gasteiger partial charge in [0.1, 0.15) is 5.82 Å². The normalized spacial score (nSPS) is 9.00. The van der Waals surface area contributed by atoms with Crippen LogP contribution in [0.25, 0.3) is 0 Å². The van der Waals surface area contributed by atoms with E-state index in [1.165, 1.54) is 12.3 Å². The summed E-state index contributed by atoms with van der Waals surface area (Å²) in [4.78, 5) is 3.66. The van der Waals surface area contributed by atoms with Gasteiger partial charge in [-0.25, -0.2) is 4.39 Å². The van der Waals surface area contributed by atoms with E-state index in [0.29, 0.717) is 0 Å². The molecule has 0 aromatic carbocycles. The van der Waals surface area contributed by atoms with Gasteiger partial charge in [-0.15, -0.1) is 12.4 Å². The van der Waals surface area contributed by atoms with Crippen molar-refractivity contribution < 1.29 is 4.39 Å². The predicted octanol–water partition coefficient (Wildman–Crippen LogP) is 1.75. The maximum Gasteiger partial charge on any atom is 0.147 e. The number of halogens is 3. The van der Waals surface area contributed by atoms with Crippen LogP contribution >= 0.6 is 24.0 Å². The zero-order chi connectivity index (χ0) is 7.56. The number of aromatic nitrogens is 1. The van der Waals surface area contributed by atoms with Crippen molar-refractivity contribution in [3.63, 3.8) is 0 Å². The molecule has 2 nitrogen and oxygen atoms in total. The third-order valence-corrected chi connectivity index (χ3v) is 1.28. The molecule has 5 heteroatoms. The second kappa shape index (κ2) is 4.49. The van der Waals surface area contributed by atoms with E-state index < -0.39 is 5.82 Å². The molecule has 0 unspecified atom stereocenters. The highest BCUT2D eigenvalue weighted by atomic mass is 35.5. The molecule has 0 aliphatic heterocycles. The largest absolute Gasteiger partial charge is 0.325 e. The molecule has 2 N–H and O–H groups in total. The van der Waals surface area contributed by atoms with Crippen LogP contribution in [-0.2, 0) is 6.54 Å². The van der Waals surface area contributed by atoms with E-state index in [9.17, 15) is 4.39 Å². The van der Waals surface area contributed by atoms with Gasteiger partial charge in [-0.05, 0) is 6.07 Å². The fourth-order valence-electron chi connectivity index (χ4n) is 0.593. The molecule has 0 radical (unpaired) electrons. The average Bonchev–Trinajstić information content (AvgIpc) is 1.88.